The first-order chi connectivity index (χ1) is 6.03. The minimum Gasteiger partial charge on any atom is -0.207 e. The lowest BCUT2D eigenvalue weighted by Gasteiger charge is -1.96. The third kappa shape index (κ3) is 1.13. The Kier molecular flexibility index (Phi) is 1.49. The van der Waals surface area contributed by atoms with E-state index in [2.05, 4.69) is 0 Å². The molecule has 1 aliphatic rings. The fraction of sp³-hybridized carbons (Fsp3) is 0.111. The number of hydrogen-bond acceptors (Lipinski definition) is 0. The smallest absolute Gasteiger partial charge is 0.207 e. The lowest BCUT2D eigenvalue weighted by molar-refractivity contribution is 0.130. The van der Waals surface area contributed by atoms with Crippen molar-refractivity contribution in [2.24, 2.45) is 0 Å². The maximum absolute atomic E-state index is 12.4. The fourth-order valence-electron chi connectivity index (χ4n) is 1.13. The van der Waals surface area contributed by atoms with Gasteiger partial charge >= 0.3 is 5.92 Å². The number of alkyl halides is 2. The summed E-state index contributed by atoms with van der Waals surface area (Å²) >= 11 is 0. The van der Waals surface area contributed by atoms with Crippen molar-refractivity contribution >= 4 is 5.57 Å². The fourth-order valence-corrected chi connectivity index (χ4v) is 1.13. The molecule has 4 heteroatoms. The van der Waals surface area contributed by atoms with Gasteiger partial charge in [0.05, 0.1) is 5.57 Å². The van der Waals surface area contributed by atoms with Gasteiger partial charge in [-0.15, -0.1) is 0 Å². The number of allylic oxidation sites excluding steroid dienone is 2. The summed E-state index contributed by atoms with van der Waals surface area (Å²) in [5.74, 6) is -5.38. The van der Waals surface area contributed by atoms with Crippen molar-refractivity contribution in [2.75, 3.05) is 0 Å². The molecule has 0 unspecified atom stereocenters. The van der Waals surface area contributed by atoms with E-state index in [0.29, 0.717) is 0 Å². The van der Waals surface area contributed by atoms with Gasteiger partial charge in [0.1, 0.15) is 5.82 Å². The van der Waals surface area contributed by atoms with Crippen LogP contribution in [0.1, 0.15) is 5.56 Å². The standard InChI is InChI=1S/C9H4F4/c10-6-3-1-5(2-4-6)7-8(11)9(7,12)13/h1-4H. The summed E-state index contributed by atoms with van der Waals surface area (Å²) < 4.78 is 49.6. The molecule has 1 aromatic carbocycles. The third-order valence-corrected chi connectivity index (χ3v) is 1.88. The highest BCUT2D eigenvalue weighted by atomic mass is 19.3. The largest absolute Gasteiger partial charge is 0.327 e. The molecule has 0 atom stereocenters. The molecule has 0 amide bonds. The van der Waals surface area contributed by atoms with Crippen molar-refractivity contribution in [3.63, 3.8) is 0 Å². The summed E-state index contributed by atoms with van der Waals surface area (Å²) in [7, 11) is 0. The summed E-state index contributed by atoms with van der Waals surface area (Å²) in [6, 6.07) is 4.30. The van der Waals surface area contributed by atoms with Crippen molar-refractivity contribution in [3.05, 3.63) is 41.5 Å². The summed E-state index contributed by atoms with van der Waals surface area (Å²) in [6.07, 6.45) is 0. The topological polar surface area (TPSA) is 0 Å². The Morgan fingerprint density at radius 3 is 1.77 bits per heavy atom. The Morgan fingerprint density at radius 1 is 0.923 bits per heavy atom. The normalized spacial score (nSPS) is 19.1. The van der Waals surface area contributed by atoms with Gasteiger partial charge in [0.2, 0.25) is 0 Å². The summed E-state index contributed by atoms with van der Waals surface area (Å²) in [6.45, 7) is 0. The van der Waals surface area contributed by atoms with Gasteiger partial charge in [-0.05, 0) is 17.7 Å². The number of hydrogen-bond donors (Lipinski definition) is 0. The lowest BCUT2D eigenvalue weighted by Crippen LogP contribution is -1.95. The van der Waals surface area contributed by atoms with Crippen LogP contribution in [0.5, 0.6) is 0 Å². The van der Waals surface area contributed by atoms with Crippen molar-refractivity contribution in [3.8, 4) is 0 Å². The van der Waals surface area contributed by atoms with Crippen LogP contribution in [-0.2, 0) is 0 Å². The van der Waals surface area contributed by atoms with Gasteiger partial charge in [-0.3, -0.25) is 0 Å². The average molecular weight is 188 g/mol. The minimum absolute atomic E-state index is 0.0314. The second-order valence-corrected chi connectivity index (χ2v) is 2.77. The zero-order valence-electron chi connectivity index (χ0n) is 6.32. The first kappa shape index (κ1) is 8.29. The second-order valence-electron chi connectivity index (χ2n) is 2.77. The molecule has 68 valence electrons. The maximum atomic E-state index is 12.4. The van der Waals surface area contributed by atoms with E-state index in [1.54, 1.807) is 0 Å². The van der Waals surface area contributed by atoms with E-state index in [9.17, 15) is 17.6 Å². The molecule has 0 spiro atoms. The highest BCUT2D eigenvalue weighted by Gasteiger charge is 2.58. The molecule has 0 heterocycles. The van der Waals surface area contributed by atoms with Crippen LogP contribution in [0.2, 0.25) is 0 Å². The van der Waals surface area contributed by atoms with Crippen LogP contribution in [-0.4, -0.2) is 5.92 Å². The highest BCUT2D eigenvalue weighted by Crippen LogP contribution is 2.55. The van der Waals surface area contributed by atoms with E-state index in [0.717, 1.165) is 24.3 Å². The number of halogens is 4. The van der Waals surface area contributed by atoms with Gasteiger partial charge in [0.25, 0.3) is 0 Å². The molecule has 0 fully saturated rings. The van der Waals surface area contributed by atoms with Gasteiger partial charge < -0.3 is 0 Å². The van der Waals surface area contributed by atoms with Crippen molar-refractivity contribution in [2.45, 2.75) is 5.92 Å². The molecule has 2 rings (SSSR count). The van der Waals surface area contributed by atoms with Crippen LogP contribution in [0.25, 0.3) is 5.57 Å². The molecule has 1 aliphatic carbocycles. The van der Waals surface area contributed by atoms with Gasteiger partial charge in [0, 0.05) is 0 Å². The Hall–Kier alpha value is -1.32. The molecule has 0 nitrogen and oxygen atoms in total. The highest BCUT2D eigenvalue weighted by molar-refractivity contribution is 5.88. The van der Waals surface area contributed by atoms with Crippen molar-refractivity contribution in [1.82, 2.24) is 0 Å². The summed E-state index contributed by atoms with van der Waals surface area (Å²) in [5.41, 5.74) is -0.601. The summed E-state index contributed by atoms with van der Waals surface area (Å²) in [4.78, 5) is 0. The SMILES string of the molecule is FC1=C(c2ccc(F)cc2)C1(F)F. The molecule has 0 N–H and O–H groups in total. The van der Waals surface area contributed by atoms with Gasteiger partial charge in [-0.1, -0.05) is 12.1 Å². The predicted molar refractivity (Wildman–Crippen MR) is 39.4 cm³/mol. The van der Waals surface area contributed by atoms with Crippen LogP contribution >= 0.6 is 0 Å². The Labute approximate surface area is 71.5 Å². The Morgan fingerprint density at radius 2 is 1.38 bits per heavy atom. The van der Waals surface area contributed by atoms with E-state index in [4.69, 9.17) is 0 Å². The van der Waals surface area contributed by atoms with E-state index >= 15 is 0 Å². The number of rotatable bonds is 1. The van der Waals surface area contributed by atoms with E-state index in [-0.39, 0.29) is 5.56 Å². The predicted octanol–water partition coefficient (Wildman–Crippen LogP) is 3.16. The van der Waals surface area contributed by atoms with E-state index < -0.39 is 23.1 Å². The van der Waals surface area contributed by atoms with E-state index in [1.807, 2.05) is 0 Å². The van der Waals surface area contributed by atoms with Crippen LogP contribution in [0.4, 0.5) is 17.6 Å². The average Bonchev–Trinajstić information content (AvgIpc) is 2.55. The maximum Gasteiger partial charge on any atom is 0.327 e. The zero-order chi connectivity index (χ0) is 9.64. The molecular formula is C9H4F4. The molecule has 13 heavy (non-hydrogen) atoms. The second kappa shape index (κ2) is 2.34. The molecule has 0 aliphatic heterocycles. The first-order valence-corrected chi connectivity index (χ1v) is 3.58. The molecular weight excluding hydrogens is 184 g/mol. The third-order valence-electron chi connectivity index (χ3n) is 1.88. The zero-order valence-corrected chi connectivity index (χ0v) is 6.32. The number of benzene rings is 1. The van der Waals surface area contributed by atoms with Crippen LogP contribution in [0, 0.1) is 5.82 Å². The van der Waals surface area contributed by atoms with Crippen molar-refractivity contribution < 1.29 is 17.6 Å². The van der Waals surface area contributed by atoms with Gasteiger partial charge in [-0.2, -0.15) is 8.78 Å². The molecule has 0 radical (unpaired) electrons. The lowest BCUT2D eigenvalue weighted by atomic mass is 10.1. The molecule has 0 bridgehead atoms. The van der Waals surface area contributed by atoms with Crippen LogP contribution in [0.15, 0.2) is 30.1 Å². The quantitative estimate of drug-likeness (QED) is 0.594. The van der Waals surface area contributed by atoms with Gasteiger partial charge in [-0.25, -0.2) is 8.78 Å². The molecule has 0 saturated heterocycles. The summed E-state index contributed by atoms with van der Waals surface area (Å²) in [5, 5.41) is 0. The molecule has 0 saturated carbocycles. The van der Waals surface area contributed by atoms with Crippen LogP contribution in [0.3, 0.4) is 0 Å². The van der Waals surface area contributed by atoms with Crippen molar-refractivity contribution in [1.29, 1.82) is 0 Å². The Balaban J connectivity index is 2.35. The minimum atomic E-state index is -3.43. The monoisotopic (exact) mass is 188 g/mol. The molecule has 1 aromatic rings. The van der Waals surface area contributed by atoms with E-state index in [1.165, 1.54) is 0 Å². The van der Waals surface area contributed by atoms with Gasteiger partial charge in [0.15, 0.2) is 5.83 Å². The molecule has 0 aromatic heterocycles. The van der Waals surface area contributed by atoms with Crippen LogP contribution < -0.4 is 0 Å². The Bertz CT molecular complexity index is 375. The first-order valence-electron chi connectivity index (χ1n) is 3.58.